The Morgan fingerprint density at radius 1 is 1.19 bits per heavy atom. The first-order valence-corrected chi connectivity index (χ1v) is 9.14. The Hall–Kier alpha value is -2.92. The van der Waals surface area contributed by atoms with Crippen LogP contribution < -0.4 is 5.32 Å². The highest BCUT2D eigenvalue weighted by Crippen LogP contribution is 2.39. The highest BCUT2D eigenvalue weighted by atomic mass is 16.3. The molecule has 1 heterocycles. The van der Waals surface area contributed by atoms with Crippen LogP contribution in [0, 0.1) is 12.8 Å². The number of pyridine rings is 1. The minimum Gasteiger partial charge on any atom is -0.507 e. The molecule has 0 aliphatic heterocycles. The third-order valence-electron chi connectivity index (χ3n) is 5.28. The normalized spacial score (nSPS) is 20.1. The standard InChI is InChI=1S/C22H22N2O3/c1-13-6-7-20(26)18(8-13)22(27)24-21(15-10-17(25)11-15)16-9-14-4-2-3-5-19(14)23-12-16/h2-9,12,15,17,21,25-26H,10-11H2,1H3,(H,24,27)/t15?,17?,21-/m0/s1. The summed E-state index contributed by atoms with van der Waals surface area (Å²) in [6.07, 6.45) is 2.73. The molecule has 5 nitrogen and oxygen atoms in total. The summed E-state index contributed by atoms with van der Waals surface area (Å²) in [6.45, 7) is 1.88. The molecule has 3 N–H and O–H groups in total. The van der Waals surface area contributed by atoms with E-state index in [2.05, 4.69) is 10.3 Å². The number of carbonyl (C=O) groups excluding carboxylic acids is 1. The molecule has 0 unspecified atom stereocenters. The van der Waals surface area contributed by atoms with Gasteiger partial charge in [-0.15, -0.1) is 0 Å². The number of nitrogens with zero attached hydrogens (tertiary/aromatic N) is 1. The molecule has 2 aromatic carbocycles. The van der Waals surface area contributed by atoms with Gasteiger partial charge in [-0.25, -0.2) is 0 Å². The first-order valence-electron chi connectivity index (χ1n) is 9.14. The van der Waals surface area contributed by atoms with Gasteiger partial charge in [0.05, 0.1) is 23.2 Å². The molecule has 1 aliphatic rings. The minimum absolute atomic E-state index is 0.0397. The van der Waals surface area contributed by atoms with E-state index in [0.29, 0.717) is 12.8 Å². The van der Waals surface area contributed by atoms with Crippen molar-refractivity contribution in [2.75, 3.05) is 0 Å². The molecule has 0 spiro atoms. The van der Waals surface area contributed by atoms with Gasteiger partial charge in [-0.1, -0.05) is 29.8 Å². The number of rotatable bonds is 4. The van der Waals surface area contributed by atoms with Crippen molar-refractivity contribution in [3.8, 4) is 5.75 Å². The lowest BCUT2D eigenvalue weighted by atomic mass is 9.75. The number of phenols is 1. The second-order valence-electron chi connectivity index (χ2n) is 7.32. The average molecular weight is 362 g/mol. The van der Waals surface area contributed by atoms with E-state index in [-0.39, 0.29) is 35.3 Å². The van der Waals surface area contributed by atoms with Gasteiger partial charge >= 0.3 is 0 Å². The number of aliphatic hydroxyl groups is 1. The summed E-state index contributed by atoms with van der Waals surface area (Å²) in [4.78, 5) is 17.3. The number of hydrogen-bond donors (Lipinski definition) is 3. The van der Waals surface area contributed by atoms with Crippen LogP contribution in [0.3, 0.4) is 0 Å². The zero-order chi connectivity index (χ0) is 19.0. The third-order valence-corrected chi connectivity index (χ3v) is 5.28. The molecule has 1 fully saturated rings. The Balaban J connectivity index is 1.66. The van der Waals surface area contributed by atoms with Crippen LogP contribution in [0.2, 0.25) is 0 Å². The summed E-state index contributed by atoms with van der Waals surface area (Å²) in [5.41, 5.74) is 2.97. The smallest absolute Gasteiger partial charge is 0.255 e. The van der Waals surface area contributed by atoms with E-state index >= 15 is 0 Å². The van der Waals surface area contributed by atoms with Crippen molar-refractivity contribution >= 4 is 16.8 Å². The Morgan fingerprint density at radius 3 is 2.74 bits per heavy atom. The summed E-state index contributed by atoms with van der Waals surface area (Å²) in [6, 6.07) is 14.6. The molecule has 1 amide bonds. The summed E-state index contributed by atoms with van der Waals surface area (Å²) in [7, 11) is 0. The molecule has 1 aromatic heterocycles. The van der Waals surface area contributed by atoms with Crippen LogP contribution in [0.1, 0.15) is 40.4 Å². The molecule has 1 aliphatic carbocycles. The predicted molar refractivity (Wildman–Crippen MR) is 104 cm³/mol. The van der Waals surface area contributed by atoms with E-state index < -0.39 is 0 Å². The van der Waals surface area contributed by atoms with Gasteiger partial charge in [0.2, 0.25) is 0 Å². The number of phenolic OH excluding ortho intramolecular Hbond substituents is 1. The second kappa shape index (κ2) is 7.00. The van der Waals surface area contributed by atoms with Crippen molar-refractivity contribution < 1.29 is 15.0 Å². The van der Waals surface area contributed by atoms with Crippen molar-refractivity contribution in [1.29, 1.82) is 0 Å². The highest BCUT2D eigenvalue weighted by molar-refractivity contribution is 5.97. The van der Waals surface area contributed by atoms with Crippen LogP contribution in [-0.2, 0) is 0 Å². The van der Waals surface area contributed by atoms with Gasteiger partial charge < -0.3 is 15.5 Å². The maximum Gasteiger partial charge on any atom is 0.255 e. The summed E-state index contributed by atoms with van der Waals surface area (Å²) < 4.78 is 0. The van der Waals surface area contributed by atoms with Gasteiger partial charge in [-0.2, -0.15) is 0 Å². The first-order chi connectivity index (χ1) is 13.0. The number of hydrogen-bond acceptors (Lipinski definition) is 4. The van der Waals surface area contributed by atoms with Gasteiger partial charge in [0, 0.05) is 11.6 Å². The lowest BCUT2D eigenvalue weighted by molar-refractivity contribution is 0.0234. The molecule has 27 heavy (non-hydrogen) atoms. The number of aromatic nitrogens is 1. The number of carbonyl (C=O) groups is 1. The highest BCUT2D eigenvalue weighted by Gasteiger charge is 2.36. The maximum absolute atomic E-state index is 12.8. The van der Waals surface area contributed by atoms with Crippen LogP contribution in [0.5, 0.6) is 5.75 Å². The molecular formula is C22H22N2O3. The number of aryl methyl sites for hydroxylation is 1. The largest absolute Gasteiger partial charge is 0.507 e. The fraction of sp³-hybridized carbons (Fsp3) is 0.273. The summed E-state index contributed by atoms with van der Waals surface area (Å²) in [5, 5.41) is 23.9. The Morgan fingerprint density at radius 2 is 1.96 bits per heavy atom. The zero-order valence-corrected chi connectivity index (χ0v) is 15.1. The van der Waals surface area contributed by atoms with Crippen molar-refractivity contribution in [3.63, 3.8) is 0 Å². The Bertz CT molecular complexity index is 996. The second-order valence-corrected chi connectivity index (χ2v) is 7.32. The fourth-order valence-electron chi connectivity index (χ4n) is 3.68. The minimum atomic E-state index is -0.324. The summed E-state index contributed by atoms with van der Waals surface area (Å²) >= 11 is 0. The van der Waals surface area contributed by atoms with Gasteiger partial charge in [0.15, 0.2) is 0 Å². The van der Waals surface area contributed by atoms with E-state index in [9.17, 15) is 15.0 Å². The SMILES string of the molecule is Cc1ccc(O)c(C(=O)N[C@H](c2cnc3ccccc3c2)C2CC(O)C2)c1. The molecular weight excluding hydrogens is 340 g/mol. The molecule has 0 radical (unpaired) electrons. The quantitative estimate of drug-likeness (QED) is 0.663. The van der Waals surface area contributed by atoms with Crippen LogP contribution in [-0.4, -0.2) is 27.2 Å². The van der Waals surface area contributed by atoms with Crippen LogP contribution in [0.4, 0.5) is 0 Å². The number of amides is 1. The molecule has 0 saturated heterocycles. The van der Waals surface area contributed by atoms with Crippen molar-refractivity contribution in [1.82, 2.24) is 10.3 Å². The van der Waals surface area contributed by atoms with Crippen molar-refractivity contribution in [2.45, 2.75) is 31.9 Å². The third kappa shape index (κ3) is 3.51. The molecule has 1 saturated carbocycles. The number of benzene rings is 2. The van der Waals surface area contributed by atoms with Gasteiger partial charge in [-0.05, 0) is 55.5 Å². The zero-order valence-electron chi connectivity index (χ0n) is 15.1. The maximum atomic E-state index is 12.8. The lowest BCUT2D eigenvalue weighted by Gasteiger charge is -2.38. The van der Waals surface area contributed by atoms with Gasteiger partial charge in [0.1, 0.15) is 5.75 Å². The van der Waals surface area contributed by atoms with E-state index in [0.717, 1.165) is 22.0 Å². The number of para-hydroxylation sites is 1. The Kier molecular flexibility index (Phi) is 4.54. The topological polar surface area (TPSA) is 82.5 Å². The van der Waals surface area contributed by atoms with Gasteiger partial charge in [-0.3, -0.25) is 9.78 Å². The van der Waals surface area contributed by atoms with E-state index in [4.69, 9.17) is 0 Å². The van der Waals surface area contributed by atoms with Crippen LogP contribution >= 0.6 is 0 Å². The lowest BCUT2D eigenvalue weighted by Crippen LogP contribution is -2.41. The first kappa shape index (κ1) is 17.5. The van der Waals surface area contributed by atoms with Gasteiger partial charge in [0.25, 0.3) is 5.91 Å². The average Bonchev–Trinajstić information content (AvgIpc) is 2.65. The molecule has 3 aromatic rings. The van der Waals surface area contributed by atoms with Crippen molar-refractivity contribution in [3.05, 3.63) is 71.4 Å². The molecule has 5 heteroatoms. The molecule has 138 valence electrons. The number of nitrogens with one attached hydrogen (secondary N) is 1. The van der Waals surface area contributed by atoms with Crippen molar-refractivity contribution in [2.24, 2.45) is 5.92 Å². The molecule has 1 atom stereocenters. The van der Waals surface area contributed by atoms with E-state index in [1.165, 1.54) is 6.07 Å². The van der Waals surface area contributed by atoms with Crippen LogP contribution in [0.15, 0.2) is 54.7 Å². The summed E-state index contributed by atoms with van der Waals surface area (Å²) in [5.74, 6) is -0.225. The van der Waals surface area contributed by atoms with E-state index in [1.54, 1.807) is 18.3 Å². The van der Waals surface area contributed by atoms with Crippen LogP contribution in [0.25, 0.3) is 10.9 Å². The van der Waals surface area contributed by atoms with E-state index in [1.807, 2.05) is 37.3 Å². The fourth-order valence-corrected chi connectivity index (χ4v) is 3.68. The molecule has 0 bridgehead atoms. The predicted octanol–water partition coefficient (Wildman–Crippen LogP) is 3.49. The monoisotopic (exact) mass is 362 g/mol. The molecule has 4 rings (SSSR count). The number of aliphatic hydroxyl groups excluding tert-OH is 1. The number of fused-ring (bicyclic) bond motifs is 1. The Labute approximate surface area is 157 Å². The number of aromatic hydroxyl groups is 1.